The summed E-state index contributed by atoms with van der Waals surface area (Å²) >= 11 is 5.12. The normalized spacial score (nSPS) is 15.5. The van der Waals surface area contributed by atoms with Gasteiger partial charge in [0, 0.05) is 27.0 Å². The number of aromatic nitrogens is 1. The van der Waals surface area contributed by atoms with Crippen LogP contribution >= 0.6 is 46.2 Å². The Hall–Kier alpha value is -7.83. The van der Waals surface area contributed by atoms with Crippen LogP contribution in [0, 0.1) is 0 Å². The summed E-state index contributed by atoms with van der Waals surface area (Å²) < 4.78 is 12.9. The number of thiazole rings is 1. The zero-order valence-electron chi connectivity index (χ0n) is 40.4. The van der Waals surface area contributed by atoms with Crippen molar-refractivity contribution in [2.45, 2.75) is 34.2 Å². The molecule has 1 saturated heterocycles. The van der Waals surface area contributed by atoms with Gasteiger partial charge in [0.15, 0.2) is 16.9 Å². The van der Waals surface area contributed by atoms with Gasteiger partial charge in [-0.05, 0) is 52.4 Å². The molecule has 17 heteroatoms. The van der Waals surface area contributed by atoms with E-state index in [4.69, 9.17) is 19.3 Å². The SMILES string of the molecule is CCOC(=O)c1c(SCC2=C(C(=O)OC(c3ccccc3)c3ccccc3)N3C(=O)C(NC(=O)/C(=N\OC)c4csc(NC(c5ccccc5)(c5ccccc5)c5ccccc5)n4)[C@@H]3SC2)sc2ccccc2c1=O. The van der Waals surface area contributed by atoms with Crippen molar-refractivity contribution in [1.29, 1.82) is 0 Å². The van der Waals surface area contributed by atoms with E-state index in [9.17, 15) is 24.0 Å². The fourth-order valence-corrected chi connectivity index (χ4v) is 13.8. The molecule has 6 aromatic carbocycles. The summed E-state index contributed by atoms with van der Waals surface area (Å²) in [7, 11) is 1.32. The number of carbonyl (C=O) groups is 4. The van der Waals surface area contributed by atoms with Crippen LogP contribution < -0.4 is 16.1 Å². The topological polar surface area (TPSA) is 166 Å². The van der Waals surface area contributed by atoms with Crippen LogP contribution in [0.25, 0.3) is 10.1 Å². The molecule has 8 aromatic rings. The summed E-state index contributed by atoms with van der Waals surface area (Å²) in [4.78, 5) is 82.7. The summed E-state index contributed by atoms with van der Waals surface area (Å²) in [5, 5.41) is 12.6. The van der Waals surface area contributed by atoms with E-state index in [1.165, 1.54) is 58.2 Å². The summed E-state index contributed by atoms with van der Waals surface area (Å²) in [5.41, 5.74) is 3.47. The number of amides is 2. The first-order valence-electron chi connectivity index (χ1n) is 23.9. The third-order valence-electron chi connectivity index (χ3n) is 12.6. The lowest BCUT2D eigenvalue weighted by molar-refractivity contribution is -0.154. The van der Waals surface area contributed by atoms with E-state index < -0.39 is 52.2 Å². The molecule has 376 valence electrons. The second-order valence-electron chi connectivity index (χ2n) is 17.2. The van der Waals surface area contributed by atoms with Crippen molar-refractivity contribution in [3.05, 3.63) is 242 Å². The Morgan fingerprint density at radius 3 is 1.91 bits per heavy atom. The first-order valence-corrected chi connectivity index (χ1v) is 27.6. The third kappa shape index (κ3) is 10.2. The molecule has 2 amide bonds. The number of β-lactam (4-membered cyclic amide) rings is 1. The van der Waals surface area contributed by atoms with Gasteiger partial charge >= 0.3 is 11.9 Å². The molecule has 0 bridgehead atoms. The zero-order valence-corrected chi connectivity index (χ0v) is 43.7. The van der Waals surface area contributed by atoms with Crippen molar-refractivity contribution < 1.29 is 33.5 Å². The smallest absolute Gasteiger partial charge is 0.356 e. The highest BCUT2D eigenvalue weighted by atomic mass is 32.2. The number of nitrogens with one attached hydrogen (secondary N) is 2. The van der Waals surface area contributed by atoms with Gasteiger partial charge in [-0.3, -0.25) is 19.3 Å². The van der Waals surface area contributed by atoms with Gasteiger partial charge in [-0.2, -0.15) is 0 Å². The minimum atomic E-state index is -1.08. The fraction of sp³-hybridized carbons (Fsp3) is 0.155. The molecule has 13 nitrogen and oxygen atoms in total. The van der Waals surface area contributed by atoms with Crippen LogP contribution in [0.15, 0.2) is 207 Å². The van der Waals surface area contributed by atoms with Crippen LogP contribution in [-0.4, -0.2) is 76.0 Å². The highest BCUT2D eigenvalue weighted by Crippen LogP contribution is 2.45. The number of oxime groups is 1. The average molecular weight is 1070 g/mol. The van der Waals surface area contributed by atoms with E-state index in [2.05, 4.69) is 52.2 Å². The molecular weight excluding hydrogens is 1020 g/mol. The number of carbonyl (C=O) groups excluding carboxylic acids is 4. The van der Waals surface area contributed by atoms with Crippen LogP contribution in [0.1, 0.15) is 56.9 Å². The highest BCUT2D eigenvalue weighted by Gasteiger charge is 2.55. The Balaban J connectivity index is 0.954. The molecule has 2 aliphatic rings. The Labute approximate surface area is 448 Å². The number of anilines is 1. The van der Waals surface area contributed by atoms with Crippen molar-refractivity contribution >= 4 is 90.9 Å². The van der Waals surface area contributed by atoms with Crippen LogP contribution in [0.4, 0.5) is 5.13 Å². The van der Waals surface area contributed by atoms with Gasteiger partial charge in [0.2, 0.25) is 5.43 Å². The molecule has 2 aliphatic heterocycles. The maximum absolute atomic E-state index is 14.9. The standard InChI is InChI=1S/C58H47N5O8S4/c1-3-70-54(67)45-49(64)42-31-19-20-32-44(42)75-56(45)73-34-38-33-72-53-47(52(66)63(53)48(38)55(68)71-50(36-21-9-4-10-22-36)37-23-11-5-12-24-37)60-51(65)46(62-69-2)43-35-74-57(59-43)61-58(39-25-13-6-14-26-39,40-27-15-7-16-28-40)41-29-17-8-18-30-41/h4-32,35,47,50,53H,3,33-34H2,1-2H3,(H,59,61)(H,60,65)/b62-46-/t47?,53-/m0/s1. The largest absolute Gasteiger partial charge is 0.462 e. The number of esters is 2. The summed E-state index contributed by atoms with van der Waals surface area (Å²) in [6.45, 7) is 1.74. The van der Waals surface area contributed by atoms with Crippen molar-refractivity contribution in [2.75, 3.05) is 30.5 Å². The van der Waals surface area contributed by atoms with Crippen LogP contribution in [0.5, 0.6) is 0 Å². The molecule has 1 unspecified atom stereocenters. The minimum Gasteiger partial charge on any atom is -0.462 e. The molecule has 0 radical (unpaired) electrons. The molecule has 10 rings (SSSR count). The number of benzene rings is 6. The van der Waals surface area contributed by atoms with Gasteiger partial charge < -0.3 is 24.9 Å². The molecule has 75 heavy (non-hydrogen) atoms. The Morgan fingerprint density at radius 2 is 1.33 bits per heavy atom. The lowest BCUT2D eigenvalue weighted by atomic mass is 9.77. The van der Waals surface area contributed by atoms with E-state index in [0.717, 1.165) is 16.7 Å². The van der Waals surface area contributed by atoms with Gasteiger partial charge in [-0.1, -0.05) is 169 Å². The molecule has 0 aliphatic carbocycles. The van der Waals surface area contributed by atoms with Crippen molar-refractivity contribution in [2.24, 2.45) is 5.16 Å². The predicted molar refractivity (Wildman–Crippen MR) is 296 cm³/mol. The van der Waals surface area contributed by atoms with Crippen LogP contribution in [-0.2, 0) is 34.2 Å². The minimum absolute atomic E-state index is 0.0177. The second-order valence-corrected chi connectivity index (χ2v) is 21.4. The monoisotopic (exact) mass is 1070 g/mol. The molecule has 2 atom stereocenters. The van der Waals surface area contributed by atoms with Crippen molar-refractivity contribution in [1.82, 2.24) is 15.2 Å². The van der Waals surface area contributed by atoms with Gasteiger partial charge in [-0.15, -0.1) is 46.2 Å². The number of fused-ring (bicyclic) bond motifs is 2. The molecule has 0 spiro atoms. The maximum Gasteiger partial charge on any atom is 0.356 e. The molecule has 1 fully saturated rings. The first kappa shape index (κ1) is 50.7. The first-order chi connectivity index (χ1) is 36.7. The van der Waals surface area contributed by atoms with Gasteiger partial charge in [0.1, 0.15) is 41.0 Å². The van der Waals surface area contributed by atoms with Gasteiger partial charge in [-0.25, -0.2) is 14.6 Å². The van der Waals surface area contributed by atoms with Crippen molar-refractivity contribution in [3.63, 3.8) is 0 Å². The Morgan fingerprint density at radius 1 is 0.773 bits per heavy atom. The fourth-order valence-electron chi connectivity index (χ4n) is 9.17. The Bertz CT molecular complexity index is 3370. The van der Waals surface area contributed by atoms with Gasteiger partial charge in [0.05, 0.1) is 10.8 Å². The van der Waals surface area contributed by atoms with E-state index in [1.54, 1.807) is 24.4 Å². The van der Waals surface area contributed by atoms with E-state index >= 15 is 0 Å². The number of hydrogen-bond donors (Lipinski definition) is 2. The second kappa shape index (κ2) is 22.7. The molecule has 0 saturated carbocycles. The number of hydrogen-bond acceptors (Lipinski definition) is 15. The maximum atomic E-state index is 14.9. The molecule has 4 heterocycles. The molecule has 2 N–H and O–H groups in total. The predicted octanol–water partition coefficient (Wildman–Crippen LogP) is 10.4. The van der Waals surface area contributed by atoms with Crippen LogP contribution in [0.3, 0.4) is 0 Å². The number of rotatable bonds is 18. The van der Waals surface area contributed by atoms with Crippen LogP contribution in [0.2, 0.25) is 0 Å². The number of thioether (sulfide) groups is 2. The highest BCUT2D eigenvalue weighted by molar-refractivity contribution is 8.02. The van der Waals surface area contributed by atoms with Gasteiger partial charge in [0.25, 0.3) is 11.8 Å². The Kier molecular flexibility index (Phi) is 15.4. The third-order valence-corrected chi connectivity index (χ3v) is 17.3. The lowest BCUT2D eigenvalue weighted by Crippen LogP contribution is -2.71. The summed E-state index contributed by atoms with van der Waals surface area (Å²) in [6.07, 6.45) is -0.842. The molecular formula is C58H47N5O8S4. The quantitative estimate of drug-likeness (QED) is 0.0209. The van der Waals surface area contributed by atoms with E-state index in [0.29, 0.717) is 36.1 Å². The average Bonchev–Trinajstić information content (AvgIpc) is 3.92. The molecule has 2 aromatic heterocycles. The number of ether oxygens (including phenoxy) is 2. The summed E-state index contributed by atoms with van der Waals surface area (Å²) in [5.74, 6) is -2.42. The number of nitrogens with zero attached hydrogens (tertiary/aromatic N) is 3. The zero-order chi connectivity index (χ0) is 51.9. The van der Waals surface area contributed by atoms with E-state index in [-0.39, 0.29) is 40.8 Å². The lowest BCUT2D eigenvalue weighted by Gasteiger charge is -2.49. The van der Waals surface area contributed by atoms with E-state index in [1.807, 2.05) is 127 Å². The van der Waals surface area contributed by atoms with Crippen molar-refractivity contribution in [3.8, 4) is 0 Å². The summed E-state index contributed by atoms with van der Waals surface area (Å²) in [6, 6.07) is 54.7.